The zero-order valence-electron chi connectivity index (χ0n) is 14.6. The molecule has 8 nitrogen and oxygen atoms in total. The third-order valence-corrected chi connectivity index (χ3v) is 5.15. The van der Waals surface area contributed by atoms with Crippen molar-refractivity contribution < 1.29 is 18.8 Å². The molecule has 0 aliphatic carbocycles. The quantitative estimate of drug-likeness (QED) is 0.758. The highest BCUT2D eigenvalue weighted by molar-refractivity contribution is 6.06. The maximum absolute atomic E-state index is 12.4. The summed E-state index contributed by atoms with van der Waals surface area (Å²) in [7, 11) is 1.49. The Morgan fingerprint density at radius 2 is 2.28 bits per heavy atom. The van der Waals surface area contributed by atoms with E-state index in [0.29, 0.717) is 18.8 Å². The summed E-state index contributed by atoms with van der Waals surface area (Å²) >= 11 is 0. The number of furan rings is 1. The number of hydrogen-bond donors (Lipinski definition) is 2. The molecule has 25 heavy (non-hydrogen) atoms. The first-order chi connectivity index (χ1) is 11.9. The van der Waals surface area contributed by atoms with Gasteiger partial charge in [0.15, 0.2) is 0 Å². The Hall–Kier alpha value is -2.35. The van der Waals surface area contributed by atoms with E-state index in [2.05, 4.69) is 10.6 Å². The second-order valence-corrected chi connectivity index (χ2v) is 6.93. The molecule has 0 spiro atoms. The summed E-state index contributed by atoms with van der Waals surface area (Å²) in [5, 5.41) is 5.64. The number of nitrogens with zero attached hydrogens (tertiary/aromatic N) is 2. The van der Waals surface area contributed by atoms with Gasteiger partial charge in [0.2, 0.25) is 5.91 Å². The summed E-state index contributed by atoms with van der Waals surface area (Å²) < 4.78 is 5.19. The van der Waals surface area contributed by atoms with Crippen LogP contribution in [0, 0.1) is 5.92 Å². The Balaban J connectivity index is 1.55. The second kappa shape index (κ2) is 6.87. The molecule has 1 aromatic rings. The molecule has 0 aromatic carbocycles. The molecule has 0 saturated carbocycles. The van der Waals surface area contributed by atoms with Crippen LogP contribution >= 0.6 is 0 Å². The van der Waals surface area contributed by atoms with Gasteiger partial charge in [-0.05, 0) is 38.4 Å². The summed E-state index contributed by atoms with van der Waals surface area (Å²) in [5.41, 5.74) is -0.894. The minimum absolute atomic E-state index is 0.0134. The average molecular weight is 348 g/mol. The number of likely N-dealkylation sites (tertiary alicyclic amines) is 1. The van der Waals surface area contributed by atoms with Crippen LogP contribution in [-0.4, -0.2) is 59.9 Å². The van der Waals surface area contributed by atoms with Crippen LogP contribution in [0.2, 0.25) is 0 Å². The molecule has 1 aromatic heterocycles. The molecule has 2 atom stereocenters. The molecule has 0 bridgehead atoms. The molecule has 0 unspecified atom stereocenters. The van der Waals surface area contributed by atoms with E-state index in [1.54, 1.807) is 19.3 Å². The van der Waals surface area contributed by atoms with Crippen molar-refractivity contribution in [2.75, 3.05) is 26.7 Å². The molecule has 2 aliphatic rings. The van der Waals surface area contributed by atoms with Gasteiger partial charge in [-0.15, -0.1) is 0 Å². The maximum Gasteiger partial charge on any atom is 0.324 e. The van der Waals surface area contributed by atoms with Gasteiger partial charge in [0.05, 0.1) is 19.4 Å². The molecule has 2 fully saturated rings. The number of nitrogens with one attached hydrogen (secondary N) is 2. The predicted molar refractivity (Wildman–Crippen MR) is 89.4 cm³/mol. The third kappa shape index (κ3) is 3.53. The van der Waals surface area contributed by atoms with Crippen LogP contribution in [0.15, 0.2) is 22.8 Å². The fourth-order valence-corrected chi connectivity index (χ4v) is 3.61. The second-order valence-electron chi connectivity index (χ2n) is 6.93. The fourth-order valence-electron chi connectivity index (χ4n) is 3.61. The van der Waals surface area contributed by atoms with Crippen molar-refractivity contribution in [2.45, 2.75) is 31.8 Å². The lowest BCUT2D eigenvalue weighted by atomic mass is 9.80. The summed E-state index contributed by atoms with van der Waals surface area (Å²) in [6.07, 6.45) is 3.31. The lowest BCUT2D eigenvalue weighted by Gasteiger charge is -2.39. The molecule has 8 heteroatoms. The van der Waals surface area contributed by atoms with E-state index in [0.717, 1.165) is 24.3 Å². The molecule has 136 valence electrons. The topological polar surface area (TPSA) is 94.9 Å². The molecular formula is C17H24N4O4. The summed E-state index contributed by atoms with van der Waals surface area (Å²) in [6, 6.07) is 3.23. The molecule has 3 rings (SSSR count). The number of carbonyl (C=O) groups excluding carboxylic acids is 3. The van der Waals surface area contributed by atoms with Gasteiger partial charge in [-0.3, -0.25) is 19.4 Å². The first kappa shape index (κ1) is 17.5. The van der Waals surface area contributed by atoms with Crippen LogP contribution in [0.1, 0.15) is 25.5 Å². The Kier molecular flexibility index (Phi) is 4.80. The van der Waals surface area contributed by atoms with Crippen molar-refractivity contribution in [3.8, 4) is 0 Å². The molecule has 0 radical (unpaired) electrons. The normalized spacial score (nSPS) is 27.4. The number of hydrogen-bond acceptors (Lipinski definition) is 5. The van der Waals surface area contributed by atoms with Crippen LogP contribution in [0.3, 0.4) is 0 Å². The van der Waals surface area contributed by atoms with E-state index in [4.69, 9.17) is 4.42 Å². The summed E-state index contributed by atoms with van der Waals surface area (Å²) in [4.78, 5) is 39.6. The van der Waals surface area contributed by atoms with Crippen molar-refractivity contribution in [3.63, 3.8) is 0 Å². The molecule has 2 N–H and O–H groups in total. The van der Waals surface area contributed by atoms with Gasteiger partial charge >= 0.3 is 6.03 Å². The smallest absolute Gasteiger partial charge is 0.324 e. The van der Waals surface area contributed by atoms with Gasteiger partial charge in [-0.25, -0.2) is 4.79 Å². The Morgan fingerprint density at radius 3 is 2.92 bits per heavy atom. The highest BCUT2D eigenvalue weighted by atomic mass is 16.3. The predicted octanol–water partition coefficient (Wildman–Crippen LogP) is 0.548. The fraction of sp³-hybridized carbons (Fsp3) is 0.588. The maximum atomic E-state index is 12.4. The average Bonchev–Trinajstić information content (AvgIpc) is 3.18. The van der Waals surface area contributed by atoms with Crippen molar-refractivity contribution in [2.24, 2.45) is 5.92 Å². The lowest BCUT2D eigenvalue weighted by molar-refractivity contribution is -0.132. The first-order valence-electron chi connectivity index (χ1n) is 8.52. The third-order valence-electron chi connectivity index (χ3n) is 5.15. The van der Waals surface area contributed by atoms with E-state index in [1.165, 1.54) is 7.05 Å². The number of imide groups is 1. The van der Waals surface area contributed by atoms with Crippen molar-refractivity contribution >= 4 is 17.8 Å². The van der Waals surface area contributed by atoms with Gasteiger partial charge in [0.1, 0.15) is 11.3 Å². The number of piperidine rings is 1. The van der Waals surface area contributed by atoms with Gasteiger partial charge in [-0.1, -0.05) is 0 Å². The molecule has 3 heterocycles. The molecule has 4 amide bonds. The monoisotopic (exact) mass is 348 g/mol. The Labute approximate surface area is 146 Å². The van der Waals surface area contributed by atoms with Gasteiger partial charge < -0.3 is 15.1 Å². The van der Waals surface area contributed by atoms with Crippen molar-refractivity contribution in [1.82, 2.24) is 20.4 Å². The number of urea groups is 1. The SMILES string of the molecule is CN1C(=O)N[C@](C)([C@@H]2CCCN(CC(=O)NCc3ccco3)C2)C1=O. The first-order valence-corrected chi connectivity index (χ1v) is 8.52. The van der Waals surface area contributed by atoms with Crippen LogP contribution in [0.4, 0.5) is 4.79 Å². The van der Waals surface area contributed by atoms with Crippen molar-refractivity contribution in [1.29, 1.82) is 0 Å². The number of rotatable bonds is 5. The minimum Gasteiger partial charge on any atom is -0.467 e. The van der Waals surface area contributed by atoms with E-state index in [-0.39, 0.29) is 30.3 Å². The number of carbonyl (C=O) groups is 3. The lowest BCUT2D eigenvalue weighted by Crippen LogP contribution is -2.56. The molecule has 2 saturated heterocycles. The highest BCUT2D eigenvalue weighted by Gasteiger charge is 2.51. The van der Waals surface area contributed by atoms with E-state index < -0.39 is 5.54 Å². The van der Waals surface area contributed by atoms with E-state index in [9.17, 15) is 14.4 Å². The zero-order valence-corrected chi connectivity index (χ0v) is 14.6. The number of likely N-dealkylation sites (N-methyl/N-ethyl adjacent to an activating group) is 1. The van der Waals surface area contributed by atoms with Gasteiger partial charge in [0, 0.05) is 19.5 Å². The van der Waals surface area contributed by atoms with Gasteiger partial charge in [-0.2, -0.15) is 0 Å². The summed E-state index contributed by atoms with van der Waals surface area (Å²) in [6.45, 7) is 3.82. The van der Waals surface area contributed by atoms with Crippen LogP contribution in [0.25, 0.3) is 0 Å². The Morgan fingerprint density at radius 1 is 1.48 bits per heavy atom. The van der Waals surface area contributed by atoms with Crippen molar-refractivity contribution in [3.05, 3.63) is 24.2 Å². The molecular weight excluding hydrogens is 324 g/mol. The Bertz CT molecular complexity index is 660. The zero-order chi connectivity index (χ0) is 18.0. The van der Waals surface area contributed by atoms with E-state index in [1.807, 2.05) is 11.0 Å². The summed E-state index contributed by atoms with van der Waals surface area (Å²) in [5.74, 6) is 0.410. The van der Waals surface area contributed by atoms with Gasteiger partial charge in [0.25, 0.3) is 5.91 Å². The van der Waals surface area contributed by atoms with Crippen LogP contribution in [0.5, 0.6) is 0 Å². The minimum atomic E-state index is -0.894. The van der Waals surface area contributed by atoms with E-state index >= 15 is 0 Å². The standard InChI is InChI=1S/C17H24N4O4/c1-17(15(23)20(2)16(24)19-17)12-5-3-7-21(10-12)11-14(22)18-9-13-6-4-8-25-13/h4,6,8,12H,3,5,7,9-11H2,1-2H3,(H,18,22)(H,19,24)/t12-,17-/m1/s1. The highest BCUT2D eigenvalue weighted by Crippen LogP contribution is 2.31. The van der Waals surface area contributed by atoms with Crippen LogP contribution < -0.4 is 10.6 Å². The molecule has 2 aliphatic heterocycles. The number of amides is 4. The van der Waals surface area contributed by atoms with Crippen LogP contribution in [-0.2, 0) is 16.1 Å². The largest absolute Gasteiger partial charge is 0.467 e.